The Balaban J connectivity index is 1.57. The van der Waals surface area contributed by atoms with E-state index in [-0.39, 0.29) is 10.8 Å². The predicted molar refractivity (Wildman–Crippen MR) is 113 cm³/mol. The molecule has 0 spiro atoms. The number of rotatable bonds is 2. The monoisotopic (exact) mass is 392 g/mol. The molecular weight excluding hydrogens is 364 g/mol. The minimum atomic E-state index is -0.116. The van der Waals surface area contributed by atoms with Crippen molar-refractivity contribution >= 4 is 23.3 Å². The molecular formula is C25H28O2S. The zero-order chi connectivity index (χ0) is 19.5. The van der Waals surface area contributed by atoms with Crippen molar-refractivity contribution < 1.29 is 9.59 Å². The lowest BCUT2D eigenvalue weighted by molar-refractivity contribution is -0.130. The number of hydrogen-bond acceptors (Lipinski definition) is 3. The molecule has 0 unspecified atom stereocenters. The first-order valence-corrected chi connectivity index (χ1v) is 11.5. The highest BCUT2D eigenvalue weighted by atomic mass is 32.2. The van der Waals surface area contributed by atoms with Crippen LogP contribution in [0.3, 0.4) is 0 Å². The van der Waals surface area contributed by atoms with Gasteiger partial charge in [-0.2, -0.15) is 0 Å². The van der Waals surface area contributed by atoms with E-state index in [1.165, 1.54) is 5.57 Å². The minimum Gasteiger partial charge on any atom is -0.299 e. The molecule has 0 bridgehead atoms. The SMILES string of the molecule is C[C@]12CCC(=O)C(Sc3ccccc3)=C1C=C[C@@H]1[C@@H]2CC[C@]2(C)C(=O)CC[C@@H]12. The molecule has 0 saturated heterocycles. The molecule has 0 heterocycles. The van der Waals surface area contributed by atoms with Gasteiger partial charge in [0.05, 0.1) is 4.91 Å². The molecule has 1 aromatic carbocycles. The van der Waals surface area contributed by atoms with Crippen molar-refractivity contribution in [2.45, 2.75) is 57.3 Å². The number of fused-ring (bicyclic) bond motifs is 5. The van der Waals surface area contributed by atoms with Gasteiger partial charge in [-0.1, -0.05) is 56.0 Å². The van der Waals surface area contributed by atoms with Crippen LogP contribution in [0, 0.1) is 28.6 Å². The molecule has 0 radical (unpaired) electrons. The average Bonchev–Trinajstić information content (AvgIpc) is 3.00. The van der Waals surface area contributed by atoms with Crippen LogP contribution in [0.5, 0.6) is 0 Å². The maximum atomic E-state index is 12.9. The second-order valence-corrected chi connectivity index (χ2v) is 10.6. The lowest BCUT2D eigenvalue weighted by Crippen LogP contribution is -2.49. The van der Waals surface area contributed by atoms with Gasteiger partial charge in [-0.05, 0) is 66.6 Å². The minimum absolute atomic E-state index is 0.0530. The molecule has 5 atom stereocenters. The van der Waals surface area contributed by atoms with Gasteiger partial charge in [-0.25, -0.2) is 0 Å². The average molecular weight is 393 g/mol. The van der Waals surface area contributed by atoms with Crippen molar-refractivity contribution in [2.75, 3.05) is 0 Å². The Morgan fingerprint density at radius 3 is 2.46 bits per heavy atom. The van der Waals surface area contributed by atoms with Crippen LogP contribution in [0.25, 0.3) is 0 Å². The number of carbonyl (C=O) groups excluding carboxylic acids is 2. The number of allylic oxidation sites excluding steroid dienone is 4. The molecule has 0 aromatic heterocycles. The number of hydrogen-bond donors (Lipinski definition) is 0. The van der Waals surface area contributed by atoms with Crippen molar-refractivity contribution in [1.82, 2.24) is 0 Å². The third kappa shape index (κ3) is 2.55. The van der Waals surface area contributed by atoms with E-state index >= 15 is 0 Å². The van der Waals surface area contributed by atoms with Crippen LogP contribution in [-0.4, -0.2) is 11.6 Å². The van der Waals surface area contributed by atoms with Crippen molar-refractivity contribution in [3.63, 3.8) is 0 Å². The molecule has 1 aromatic rings. The fourth-order valence-corrected chi connectivity index (χ4v) is 7.74. The molecule has 5 rings (SSSR count). The number of Topliss-reactive ketones (excluding diaryl/α,β-unsaturated/α-hetero) is 2. The zero-order valence-corrected chi connectivity index (χ0v) is 17.6. The topological polar surface area (TPSA) is 34.1 Å². The molecule has 0 aliphatic heterocycles. The summed E-state index contributed by atoms with van der Waals surface area (Å²) in [5.41, 5.74) is 1.19. The number of ketones is 2. The highest BCUT2D eigenvalue weighted by Crippen LogP contribution is 2.63. The smallest absolute Gasteiger partial charge is 0.169 e. The maximum absolute atomic E-state index is 12.9. The van der Waals surface area contributed by atoms with Gasteiger partial charge in [0.25, 0.3) is 0 Å². The summed E-state index contributed by atoms with van der Waals surface area (Å²) >= 11 is 1.64. The van der Waals surface area contributed by atoms with Gasteiger partial charge in [-0.15, -0.1) is 0 Å². The third-order valence-corrected chi connectivity index (χ3v) is 9.45. The fourth-order valence-electron chi connectivity index (χ4n) is 6.59. The van der Waals surface area contributed by atoms with E-state index in [9.17, 15) is 9.59 Å². The van der Waals surface area contributed by atoms with Crippen molar-refractivity contribution in [2.24, 2.45) is 28.6 Å². The van der Waals surface area contributed by atoms with Crippen LogP contribution in [0.15, 0.2) is 57.9 Å². The number of benzene rings is 1. The highest BCUT2D eigenvalue weighted by Gasteiger charge is 2.58. The first kappa shape index (κ1) is 18.4. The van der Waals surface area contributed by atoms with Gasteiger partial charge in [0.1, 0.15) is 5.78 Å². The number of thioether (sulfide) groups is 1. The van der Waals surface area contributed by atoms with Crippen LogP contribution in [0.1, 0.15) is 52.4 Å². The largest absolute Gasteiger partial charge is 0.299 e. The molecule has 28 heavy (non-hydrogen) atoms. The van der Waals surface area contributed by atoms with Crippen LogP contribution in [-0.2, 0) is 9.59 Å². The van der Waals surface area contributed by atoms with Crippen LogP contribution in [0.2, 0.25) is 0 Å². The Bertz CT molecular complexity index is 898. The normalized spacial score (nSPS) is 39.6. The van der Waals surface area contributed by atoms with E-state index in [1.54, 1.807) is 11.8 Å². The first-order valence-electron chi connectivity index (χ1n) is 10.7. The second-order valence-electron chi connectivity index (χ2n) is 9.57. The van der Waals surface area contributed by atoms with Crippen LogP contribution in [0.4, 0.5) is 0 Å². The quantitative estimate of drug-likeness (QED) is 0.620. The van der Waals surface area contributed by atoms with Gasteiger partial charge in [0, 0.05) is 23.2 Å². The molecule has 4 aliphatic carbocycles. The molecule has 2 nitrogen and oxygen atoms in total. The Morgan fingerprint density at radius 1 is 0.929 bits per heavy atom. The fraction of sp³-hybridized carbons (Fsp3) is 0.520. The molecule has 0 N–H and O–H groups in total. The van der Waals surface area contributed by atoms with Crippen molar-refractivity contribution in [1.29, 1.82) is 0 Å². The molecule has 3 heteroatoms. The van der Waals surface area contributed by atoms with Crippen molar-refractivity contribution in [3.8, 4) is 0 Å². The van der Waals surface area contributed by atoms with Gasteiger partial charge in [0.15, 0.2) is 5.78 Å². The maximum Gasteiger partial charge on any atom is 0.169 e. The molecule has 4 aliphatic rings. The number of carbonyl (C=O) groups is 2. The Hall–Kier alpha value is -1.61. The lowest BCUT2D eigenvalue weighted by atomic mass is 9.49. The zero-order valence-electron chi connectivity index (χ0n) is 16.7. The van der Waals surface area contributed by atoms with E-state index in [0.29, 0.717) is 35.7 Å². The van der Waals surface area contributed by atoms with E-state index in [2.05, 4.69) is 38.1 Å². The summed E-state index contributed by atoms with van der Waals surface area (Å²) in [5, 5.41) is 0. The summed E-state index contributed by atoms with van der Waals surface area (Å²) in [5.74, 6) is 2.29. The van der Waals surface area contributed by atoms with Gasteiger partial charge in [0.2, 0.25) is 0 Å². The van der Waals surface area contributed by atoms with Crippen molar-refractivity contribution in [3.05, 3.63) is 53.0 Å². The molecule has 0 amide bonds. The van der Waals surface area contributed by atoms with E-state index in [1.807, 2.05) is 18.2 Å². The molecule has 146 valence electrons. The third-order valence-electron chi connectivity index (χ3n) is 8.29. The van der Waals surface area contributed by atoms with Gasteiger partial charge >= 0.3 is 0 Å². The van der Waals surface area contributed by atoms with Gasteiger partial charge in [-0.3, -0.25) is 9.59 Å². The Labute approximate surface area is 171 Å². The summed E-state index contributed by atoms with van der Waals surface area (Å²) in [4.78, 5) is 27.5. The first-order chi connectivity index (χ1) is 13.4. The van der Waals surface area contributed by atoms with Gasteiger partial charge < -0.3 is 0 Å². The standard InChI is InChI=1S/C25H28O2S/c1-24-15-13-21(26)23(28-16-6-4-3-5-7-16)20(24)9-8-17-18-10-11-22(27)25(18,2)14-12-19(17)24/h3-9,17-19H,10-15H2,1-2H3/t17-,18-,19-,24+,25-/m0/s1. The summed E-state index contributed by atoms with van der Waals surface area (Å²) in [6.45, 7) is 4.60. The summed E-state index contributed by atoms with van der Waals surface area (Å²) < 4.78 is 0. The Kier molecular flexibility index (Phi) is 4.24. The van der Waals surface area contributed by atoms with E-state index in [4.69, 9.17) is 0 Å². The predicted octanol–water partition coefficient (Wildman–Crippen LogP) is 5.98. The van der Waals surface area contributed by atoms with E-state index in [0.717, 1.165) is 41.9 Å². The Morgan fingerprint density at radius 2 is 1.68 bits per heavy atom. The summed E-state index contributed by atoms with van der Waals surface area (Å²) in [7, 11) is 0. The van der Waals surface area contributed by atoms with Crippen LogP contribution >= 0.6 is 11.8 Å². The van der Waals surface area contributed by atoms with E-state index < -0.39 is 0 Å². The second kappa shape index (κ2) is 6.45. The van der Waals surface area contributed by atoms with Crippen LogP contribution < -0.4 is 0 Å². The molecule has 2 fully saturated rings. The molecule has 2 saturated carbocycles. The lowest BCUT2D eigenvalue weighted by Gasteiger charge is -2.55. The summed E-state index contributed by atoms with van der Waals surface area (Å²) in [6.07, 6.45) is 10.1. The summed E-state index contributed by atoms with van der Waals surface area (Å²) in [6, 6.07) is 10.3. The highest BCUT2D eigenvalue weighted by molar-refractivity contribution is 8.04.